The molecule has 4 heteroatoms. The van der Waals surface area contributed by atoms with Crippen LogP contribution >= 0.6 is 0 Å². The van der Waals surface area contributed by atoms with Crippen LogP contribution in [0.4, 0.5) is 16.0 Å². The van der Waals surface area contributed by atoms with E-state index in [0.717, 1.165) is 17.3 Å². The second-order valence-corrected chi connectivity index (χ2v) is 5.54. The molecule has 0 aliphatic heterocycles. The Bertz CT molecular complexity index is 568. The van der Waals surface area contributed by atoms with Gasteiger partial charge in [0.2, 0.25) is 5.95 Å². The van der Waals surface area contributed by atoms with Gasteiger partial charge >= 0.3 is 0 Å². The van der Waals surface area contributed by atoms with Gasteiger partial charge in [0, 0.05) is 17.9 Å². The highest BCUT2D eigenvalue weighted by Gasteiger charge is 2.18. The van der Waals surface area contributed by atoms with Crippen molar-refractivity contribution in [2.24, 2.45) is 0 Å². The van der Waals surface area contributed by atoms with Crippen LogP contribution in [0.2, 0.25) is 0 Å². The lowest BCUT2D eigenvalue weighted by Gasteiger charge is -2.24. The molecule has 1 fully saturated rings. The van der Waals surface area contributed by atoms with Crippen molar-refractivity contribution in [1.82, 2.24) is 9.55 Å². The summed E-state index contributed by atoms with van der Waals surface area (Å²) in [4.78, 5) is 4.56. The maximum atomic E-state index is 13.0. The molecule has 1 heterocycles. The molecule has 1 saturated carbocycles. The Kier molecular flexibility index (Phi) is 3.72. The van der Waals surface area contributed by atoms with E-state index in [1.807, 2.05) is 6.92 Å². The number of aryl methyl sites for hydroxylation is 1. The summed E-state index contributed by atoms with van der Waals surface area (Å²) in [5.41, 5.74) is 1.88. The van der Waals surface area contributed by atoms with Gasteiger partial charge in [-0.1, -0.05) is 19.3 Å². The molecular formula is C16H20FN3. The zero-order chi connectivity index (χ0) is 13.9. The maximum absolute atomic E-state index is 13.0. The van der Waals surface area contributed by atoms with Crippen molar-refractivity contribution in [3.63, 3.8) is 0 Å². The topological polar surface area (TPSA) is 29.9 Å². The molecule has 0 radical (unpaired) electrons. The zero-order valence-corrected chi connectivity index (χ0v) is 11.8. The van der Waals surface area contributed by atoms with E-state index < -0.39 is 0 Å². The molecular weight excluding hydrogens is 253 g/mol. The van der Waals surface area contributed by atoms with Crippen molar-refractivity contribution in [2.45, 2.75) is 45.1 Å². The molecule has 3 nitrogen and oxygen atoms in total. The minimum absolute atomic E-state index is 0.220. The summed E-state index contributed by atoms with van der Waals surface area (Å²) in [5.74, 6) is 0.642. The summed E-state index contributed by atoms with van der Waals surface area (Å²) in [6.07, 6.45) is 8.46. The molecule has 1 aromatic carbocycles. The molecule has 20 heavy (non-hydrogen) atoms. The first-order valence-corrected chi connectivity index (χ1v) is 7.30. The highest BCUT2D eigenvalue weighted by atomic mass is 19.1. The van der Waals surface area contributed by atoms with Gasteiger partial charge in [0.1, 0.15) is 5.82 Å². The van der Waals surface area contributed by atoms with Crippen molar-refractivity contribution < 1.29 is 4.39 Å². The predicted octanol–water partition coefficient (Wildman–Crippen LogP) is 4.58. The fourth-order valence-electron chi connectivity index (χ4n) is 2.91. The number of imidazole rings is 1. The summed E-state index contributed by atoms with van der Waals surface area (Å²) in [5, 5.41) is 3.30. The van der Waals surface area contributed by atoms with Gasteiger partial charge in [0.05, 0.1) is 5.69 Å². The molecule has 1 N–H and O–H groups in total. The summed E-state index contributed by atoms with van der Waals surface area (Å²) in [6, 6.07) is 6.94. The van der Waals surface area contributed by atoms with Gasteiger partial charge in [-0.15, -0.1) is 0 Å². The number of nitrogens with zero attached hydrogens (tertiary/aromatic N) is 2. The number of halogens is 1. The largest absolute Gasteiger partial charge is 0.326 e. The molecule has 0 amide bonds. The monoisotopic (exact) mass is 273 g/mol. The molecule has 0 bridgehead atoms. The van der Waals surface area contributed by atoms with Crippen LogP contribution in [0.1, 0.15) is 43.8 Å². The molecule has 3 rings (SSSR count). The second-order valence-electron chi connectivity index (χ2n) is 5.54. The van der Waals surface area contributed by atoms with E-state index in [4.69, 9.17) is 0 Å². The van der Waals surface area contributed by atoms with Crippen molar-refractivity contribution in [1.29, 1.82) is 0 Å². The van der Waals surface area contributed by atoms with Crippen molar-refractivity contribution in [2.75, 3.05) is 5.32 Å². The molecule has 2 aromatic rings. The number of hydrogen-bond donors (Lipinski definition) is 1. The van der Waals surface area contributed by atoms with Gasteiger partial charge in [-0.2, -0.15) is 0 Å². The average molecular weight is 273 g/mol. The highest BCUT2D eigenvalue weighted by Crippen LogP contribution is 2.31. The molecule has 0 unspecified atom stereocenters. The predicted molar refractivity (Wildman–Crippen MR) is 78.8 cm³/mol. The summed E-state index contributed by atoms with van der Waals surface area (Å²) in [6.45, 7) is 2.01. The number of benzene rings is 1. The maximum Gasteiger partial charge on any atom is 0.207 e. The lowest BCUT2D eigenvalue weighted by Crippen LogP contribution is -2.14. The quantitative estimate of drug-likeness (QED) is 0.887. The molecule has 0 atom stereocenters. The third-order valence-electron chi connectivity index (χ3n) is 3.92. The second kappa shape index (κ2) is 5.65. The van der Waals surface area contributed by atoms with E-state index in [0.29, 0.717) is 6.04 Å². The highest BCUT2D eigenvalue weighted by molar-refractivity contribution is 5.53. The van der Waals surface area contributed by atoms with Gasteiger partial charge < -0.3 is 9.88 Å². The number of anilines is 2. The molecule has 1 aliphatic carbocycles. The van der Waals surface area contributed by atoms with Crippen molar-refractivity contribution in [3.05, 3.63) is 42.0 Å². The summed E-state index contributed by atoms with van der Waals surface area (Å²) >= 11 is 0. The van der Waals surface area contributed by atoms with Gasteiger partial charge in [-0.25, -0.2) is 9.37 Å². The minimum Gasteiger partial charge on any atom is -0.326 e. The van der Waals surface area contributed by atoms with Crippen LogP contribution in [0.3, 0.4) is 0 Å². The molecule has 1 aliphatic rings. The average Bonchev–Trinajstić information content (AvgIpc) is 2.83. The van der Waals surface area contributed by atoms with Crippen LogP contribution in [0.25, 0.3) is 0 Å². The number of hydrogen-bond acceptors (Lipinski definition) is 2. The van der Waals surface area contributed by atoms with Crippen LogP contribution in [0.15, 0.2) is 30.5 Å². The van der Waals surface area contributed by atoms with Crippen LogP contribution < -0.4 is 5.32 Å². The standard InChI is InChI=1S/C16H20FN3/c1-12-11-20(15-5-3-2-4-6-15)16(18-12)19-14-9-7-13(17)8-10-14/h7-11,15H,2-6H2,1H3,(H,18,19). The van der Waals surface area contributed by atoms with Crippen LogP contribution in [0.5, 0.6) is 0 Å². The third kappa shape index (κ3) is 2.84. The van der Waals surface area contributed by atoms with Gasteiger partial charge in [0.15, 0.2) is 0 Å². The fourth-order valence-corrected chi connectivity index (χ4v) is 2.91. The summed E-state index contributed by atoms with van der Waals surface area (Å²) < 4.78 is 15.2. The SMILES string of the molecule is Cc1cn(C2CCCCC2)c(Nc2ccc(F)cc2)n1. The molecule has 106 valence electrons. The lowest BCUT2D eigenvalue weighted by molar-refractivity contribution is 0.356. The first-order valence-electron chi connectivity index (χ1n) is 7.30. The summed E-state index contributed by atoms with van der Waals surface area (Å²) in [7, 11) is 0. The Morgan fingerprint density at radius 2 is 1.85 bits per heavy atom. The van der Waals surface area contributed by atoms with Crippen LogP contribution in [0, 0.1) is 12.7 Å². The number of nitrogens with one attached hydrogen (secondary N) is 1. The Labute approximate surface area is 118 Å². The van der Waals surface area contributed by atoms with Crippen LogP contribution in [-0.4, -0.2) is 9.55 Å². The van der Waals surface area contributed by atoms with E-state index in [-0.39, 0.29) is 5.82 Å². The van der Waals surface area contributed by atoms with Crippen molar-refractivity contribution in [3.8, 4) is 0 Å². The van der Waals surface area contributed by atoms with E-state index in [2.05, 4.69) is 21.1 Å². The van der Waals surface area contributed by atoms with E-state index in [1.54, 1.807) is 12.1 Å². The van der Waals surface area contributed by atoms with E-state index >= 15 is 0 Å². The van der Waals surface area contributed by atoms with Crippen LogP contribution in [-0.2, 0) is 0 Å². The Morgan fingerprint density at radius 1 is 1.15 bits per heavy atom. The zero-order valence-electron chi connectivity index (χ0n) is 11.8. The Balaban J connectivity index is 1.83. The van der Waals surface area contributed by atoms with Gasteiger partial charge in [-0.3, -0.25) is 0 Å². The van der Waals surface area contributed by atoms with E-state index in [9.17, 15) is 4.39 Å². The number of aromatic nitrogens is 2. The normalized spacial score (nSPS) is 16.3. The first kappa shape index (κ1) is 13.2. The van der Waals surface area contributed by atoms with E-state index in [1.165, 1.54) is 44.2 Å². The smallest absolute Gasteiger partial charge is 0.207 e. The number of rotatable bonds is 3. The lowest BCUT2D eigenvalue weighted by atomic mass is 9.95. The minimum atomic E-state index is -0.220. The van der Waals surface area contributed by atoms with Crippen molar-refractivity contribution >= 4 is 11.6 Å². The van der Waals surface area contributed by atoms with Gasteiger partial charge in [0.25, 0.3) is 0 Å². The first-order chi connectivity index (χ1) is 9.72. The van der Waals surface area contributed by atoms with Gasteiger partial charge in [-0.05, 0) is 44.0 Å². The third-order valence-corrected chi connectivity index (χ3v) is 3.92. The molecule has 0 saturated heterocycles. The Hall–Kier alpha value is -1.84. The Morgan fingerprint density at radius 3 is 2.55 bits per heavy atom. The molecule has 1 aromatic heterocycles. The molecule has 0 spiro atoms. The fraction of sp³-hybridized carbons (Fsp3) is 0.438.